The highest BCUT2D eigenvalue weighted by Gasteiger charge is 2.09. The predicted molar refractivity (Wildman–Crippen MR) is 39.8 cm³/mol. The monoisotopic (exact) mass is 155 g/mol. The summed E-state index contributed by atoms with van der Waals surface area (Å²) < 4.78 is 11.7. The minimum Gasteiger partial charge on any atom is -0.490 e. The van der Waals surface area contributed by atoms with Crippen molar-refractivity contribution in [3.8, 4) is 11.6 Å². The van der Waals surface area contributed by atoms with Gasteiger partial charge in [0.25, 0.3) is 5.88 Å². The van der Waals surface area contributed by atoms with Gasteiger partial charge in [-0.15, -0.1) is 0 Å². The lowest BCUT2D eigenvalue weighted by Gasteiger charge is -2.03. The number of hydrogen-bond donors (Lipinski definition) is 0. The van der Waals surface area contributed by atoms with Crippen LogP contribution >= 0.6 is 0 Å². The molecule has 0 saturated heterocycles. The molecule has 1 radical (unpaired) electrons. The van der Waals surface area contributed by atoms with E-state index in [2.05, 4.69) is 11.3 Å². The summed E-state index contributed by atoms with van der Waals surface area (Å²) in [6.07, 6.45) is 2.69. The van der Waals surface area contributed by atoms with Crippen molar-refractivity contribution in [2.24, 2.45) is 0 Å². The minimum absolute atomic E-state index is 0.550. The standard InChI is InChI=1S/C7H11N2O2/c1-4-9-7(11-3)6(10-2)5-8-9/h4H2,1-3H3. The highest BCUT2D eigenvalue weighted by molar-refractivity contribution is 5.30. The van der Waals surface area contributed by atoms with Gasteiger partial charge in [-0.2, -0.15) is 5.10 Å². The lowest BCUT2D eigenvalue weighted by Crippen LogP contribution is -2.00. The zero-order valence-corrected chi connectivity index (χ0v) is 6.92. The largest absolute Gasteiger partial charge is 0.490 e. The number of ether oxygens (including phenoxy) is 2. The second kappa shape index (κ2) is 3.27. The van der Waals surface area contributed by atoms with Gasteiger partial charge in [-0.1, -0.05) is 0 Å². The molecule has 4 nitrogen and oxygen atoms in total. The molecular formula is C7H11N2O2. The normalized spacial score (nSPS) is 9.73. The van der Waals surface area contributed by atoms with Gasteiger partial charge in [0, 0.05) is 6.54 Å². The Morgan fingerprint density at radius 3 is 2.64 bits per heavy atom. The van der Waals surface area contributed by atoms with Crippen LogP contribution in [0.4, 0.5) is 0 Å². The third kappa shape index (κ3) is 1.29. The molecule has 4 heteroatoms. The first kappa shape index (κ1) is 7.91. The van der Waals surface area contributed by atoms with Crippen LogP contribution in [-0.2, 0) is 6.54 Å². The third-order valence-corrected chi connectivity index (χ3v) is 1.40. The molecule has 1 heterocycles. The molecule has 0 aliphatic carbocycles. The van der Waals surface area contributed by atoms with Crippen molar-refractivity contribution in [1.29, 1.82) is 0 Å². The van der Waals surface area contributed by atoms with Crippen molar-refractivity contribution >= 4 is 0 Å². The SMILES string of the molecule is CCn1n[c]c(OC)c1OC. The Morgan fingerprint density at radius 2 is 2.18 bits per heavy atom. The molecule has 1 aromatic heterocycles. The summed E-state index contributed by atoms with van der Waals surface area (Å²) in [5, 5.41) is 3.92. The first-order chi connectivity index (χ1) is 5.33. The zero-order valence-electron chi connectivity index (χ0n) is 6.92. The van der Waals surface area contributed by atoms with E-state index < -0.39 is 0 Å². The van der Waals surface area contributed by atoms with Crippen LogP contribution in [0.25, 0.3) is 0 Å². The van der Waals surface area contributed by atoms with E-state index in [4.69, 9.17) is 9.47 Å². The van der Waals surface area contributed by atoms with E-state index in [-0.39, 0.29) is 0 Å². The number of nitrogens with zero attached hydrogens (tertiary/aromatic N) is 2. The number of methoxy groups -OCH3 is 2. The second-order valence-electron chi connectivity index (χ2n) is 1.97. The van der Waals surface area contributed by atoms with E-state index in [1.165, 1.54) is 0 Å². The molecule has 0 fully saturated rings. The molecule has 1 aromatic rings. The fraction of sp³-hybridized carbons (Fsp3) is 0.571. The van der Waals surface area contributed by atoms with Gasteiger partial charge in [-0.3, -0.25) is 0 Å². The summed E-state index contributed by atoms with van der Waals surface area (Å²) in [5.41, 5.74) is 0. The maximum absolute atomic E-state index is 5.04. The summed E-state index contributed by atoms with van der Waals surface area (Å²) in [7, 11) is 3.15. The van der Waals surface area contributed by atoms with Crippen molar-refractivity contribution in [3.63, 3.8) is 0 Å². The Bertz CT molecular complexity index is 211. The van der Waals surface area contributed by atoms with E-state index in [9.17, 15) is 0 Å². The number of aryl methyl sites for hydroxylation is 1. The smallest absolute Gasteiger partial charge is 0.256 e. The Balaban J connectivity index is 2.99. The fourth-order valence-corrected chi connectivity index (χ4v) is 0.862. The number of aromatic nitrogens is 2. The van der Waals surface area contributed by atoms with Crippen LogP contribution in [0.15, 0.2) is 0 Å². The molecule has 0 unspecified atom stereocenters. The van der Waals surface area contributed by atoms with Gasteiger partial charge in [-0.25, -0.2) is 4.68 Å². The van der Waals surface area contributed by atoms with Crippen LogP contribution in [-0.4, -0.2) is 24.0 Å². The molecule has 0 amide bonds. The minimum atomic E-state index is 0.550. The molecule has 0 spiro atoms. The van der Waals surface area contributed by atoms with Gasteiger partial charge < -0.3 is 9.47 Å². The molecular weight excluding hydrogens is 144 g/mol. The van der Waals surface area contributed by atoms with Gasteiger partial charge in [0.05, 0.1) is 14.2 Å². The Morgan fingerprint density at radius 1 is 1.45 bits per heavy atom. The van der Waals surface area contributed by atoms with Crippen LogP contribution in [0.5, 0.6) is 11.6 Å². The van der Waals surface area contributed by atoms with Gasteiger partial charge >= 0.3 is 0 Å². The Labute approximate surface area is 65.7 Å². The van der Waals surface area contributed by atoms with Crippen LogP contribution in [0, 0.1) is 6.20 Å². The second-order valence-corrected chi connectivity index (χ2v) is 1.97. The lowest BCUT2D eigenvalue weighted by atomic mass is 10.6. The Kier molecular flexibility index (Phi) is 2.36. The van der Waals surface area contributed by atoms with E-state index in [1.807, 2.05) is 6.92 Å². The maximum Gasteiger partial charge on any atom is 0.256 e. The van der Waals surface area contributed by atoms with Crippen LogP contribution < -0.4 is 9.47 Å². The van der Waals surface area contributed by atoms with Crippen molar-refractivity contribution in [2.45, 2.75) is 13.5 Å². The first-order valence-electron chi connectivity index (χ1n) is 3.40. The molecule has 0 atom stereocenters. The van der Waals surface area contributed by atoms with Crippen molar-refractivity contribution in [2.75, 3.05) is 14.2 Å². The fourth-order valence-electron chi connectivity index (χ4n) is 0.862. The molecule has 0 aromatic carbocycles. The molecule has 0 N–H and O–H groups in total. The van der Waals surface area contributed by atoms with Crippen LogP contribution in [0.2, 0.25) is 0 Å². The molecule has 0 aliphatic heterocycles. The summed E-state index contributed by atoms with van der Waals surface area (Å²) in [6, 6.07) is 0. The molecule has 0 bridgehead atoms. The molecule has 61 valence electrons. The summed E-state index contributed by atoms with van der Waals surface area (Å²) in [5.74, 6) is 1.17. The van der Waals surface area contributed by atoms with Crippen LogP contribution in [0.3, 0.4) is 0 Å². The average molecular weight is 155 g/mol. The van der Waals surface area contributed by atoms with E-state index >= 15 is 0 Å². The quantitative estimate of drug-likeness (QED) is 0.645. The van der Waals surface area contributed by atoms with Gasteiger partial charge in [0.15, 0.2) is 6.20 Å². The first-order valence-corrected chi connectivity index (χ1v) is 3.40. The van der Waals surface area contributed by atoms with Gasteiger partial charge in [0.2, 0.25) is 5.75 Å². The topological polar surface area (TPSA) is 36.3 Å². The highest BCUT2D eigenvalue weighted by atomic mass is 16.5. The summed E-state index contributed by atoms with van der Waals surface area (Å²) >= 11 is 0. The number of hydrogen-bond acceptors (Lipinski definition) is 3. The predicted octanol–water partition coefficient (Wildman–Crippen LogP) is 0.720. The van der Waals surface area contributed by atoms with E-state index in [1.54, 1.807) is 18.9 Å². The van der Waals surface area contributed by atoms with Gasteiger partial charge in [0.1, 0.15) is 0 Å². The summed E-state index contributed by atoms with van der Waals surface area (Å²) in [4.78, 5) is 0. The number of rotatable bonds is 3. The van der Waals surface area contributed by atoms with Crippen LogP contribution in [0.1, 0.15) is 6.92 Å². The molecule has 1 rings (SSSR count). The van der Waals surface area contributed by atoms with Crippen molar-refractivity contribution in [3.05, 3.63) is 6.20 Å². The zero-order chi connectivity index (χ0) is 8.27. The average Bonchev–Trinajstić information content (AvgIpc) is 2.45. The lowest BCUT2D eigenvalue weighted by molar-refractivity contribution is 0.328. The maximum atomic E-state index is 5.04. The van der Waals surface area contributed by atoms with E-state index in [0.717, 1.165) is 6.54 Å². The molecule has 0 aliphatic rings. The van der Waals surface area contributed by atoms with E-state index in [0.29, 0.717) is 11.6 Å². The third-order valence-electron chi connectivity index (χ3n) is 1.40. The summed E-state index contributed by atoms with van der Waals surface area (Å²) in [6.45, 7) is 2.73. The van der Waals surface area contributed by atoms with Gasteiger partial charge in [-0.05, 0) is 6.92 Å². The highest BCUT2D eigenvalue weighted by Crippen LogP contribution is 2.24. The molecule has 11 heavy (non-hydrogen) atoms. The Hall–Kier alpha value is -1.19. The van der Waals surface area contributed by atoms with Crippen molar-refractivity contribution < 1.29 is 9.47 Å². The molecule has 0 saturated carbocycles. The van der Waals surface area contributed by atoms with Crippen molar-refractivity contribution in [1.82, 2.24) is 9.78 Å².